The maximum atomic E-state index is 5.86. The Morgan fingerprint density at radius 1 is 1.16 bits per heavy atom. The Labute approximate surface area is 121 Å². The third kappa shape index (κ3) is 4.48. The lowest BCUT2D eigenvalue weighted by Crippen LogP contribution is -3.00. The van der Waals surface area contributed by atoms with Crippen molar-refractivity contribution in [2.75, 3.05) is 44.8 Å². The lowest BCUT2D eigenvalue weighted by Gasteiger charge is -2.37. The monoisotopic (exact) mass is 285 g/mol. The van der Waals surface area contributed by atoms with Gasteiger partial charge in [-0.05, 0) is 31.4 Å². The third-order valence-electron chi connectivity index (χ3n) is 3.82. The highest BCUT2D eigenvalue weighted by Crippen LogP contribution is 2.24. The highest BCUT2D eigenvalue weighted by atomic mass is 35.5. The fourth-order valence-corrected chi connectivity index (χ4v) is 2.55. The zero-order chi connectivity index (χ0) is 13.0. The maximum Gasteiger partial charge on any atom is 0.144 e. The lowest BCUT2D eigenvalue weighted by molar-refractivity contribution is -0.914. The fourth-order valence-electron chi connectivity index (χ4n) is 2.55. The van der Waals surface area contributed by atoms with Crippen LogP contribution in [0.5, 0.6) is 5.75 Å². The number of anilines is 2. The van der Waals surface area contributed by atoms with Crippen LogP contribution in [-0.4, -0.2) is 37.8 Å². The van der Waals surface area contributed by atoms with Gasteiger partial charge in [-0.15, -0.1) is 0 Å². The fraction of sp³-hybridized carbons (Fsp3) is 0.571. The van der Waals surface area contributed by atoms with Crippen LogP contribution in [0.3, 0.4) is 0 Å². The van der Waals surface area contributed by atoms with Crippen molar-refractivity contribution < 1.29 is 21.6 Å². The summed E-state index contributed by atoms with van der Waals surface area (Å²) >= 11 is 0. The number of hydrogen-bond donors (Lipinski definition) is 2. The topological polar surface area (TPSA) is 61.3 Å². The van der Waals surface area contributed by atoms with Gasteiger partial charge in [0.2, 0.25) is 0 Å². The number of nitrogens with two attached hydrogens (primary N) is 2. The van der Waals surface area contributed by atoms with Gasteiger partial charge in [-0.25, -0.2) is 0 Å². The van der Waals surface area contributed by atoms with E-state index < -0.39 is 0 Å². The van der Waals surface area contributed by atoms with Crippen molar-refractivity contribution in [2.45, 2.75) is 19.3 Å². The van der Waals surface area contributed by atoms with Crippen LogP contribution < -0.4 is 28.6 Å². The Hall–Kier alpha value is -1.13. The highest BCUT2D eigenvalue weighted by molar-refractivity contribution is 5.59. The first-order valence-electron chi connectivity index (χ1n) is 6.70. The minimum Gasteiger partial charge on any atom is -1.00 e. The van der Waals surface area contributed by atoms with Crippen molar-refractivity contribution in [2.24, 2.45) is 0 Å². The molecule has 0 atom stereocenters. The number of nitrogens with zero attached hydrogens (tertiary/aromatic N) is 1. The number of piperidine rings is 1. The molecule has 4 nitrogen and oxygen atoms in total. The van der Waals surface area contributed by atoms with Gasteiger partial charge in [0.05, 0.1) is 25.8 Å². The van der Waals surface area contributed by atoms with E-state index in [4.69, 9.17) is 16.2 Å². The number of rotatable bonds is 4. The molecule has 5 heteroatoms. The molecule has 19 heavy (non-hydrogen) atoms. The second kappa shape index (κ2) is 6.87. The summed E-state index contributed by atoms with van der Waals surface area (Å²) in [5.41, 5.74) is 12.9. The average molecular weight is 286 g/mol. The summed E-state index contributed by atoms with van der Waals surface area (Å²) in [5, 5.41) is 0. The van der Waals surface area contributed by atoms with E-state index in [0.717, 1.165) is 11.0 Å². The maximum absolute atomic E-state index is 5.86. The van der Waals surface area contributed by atoms with Crippen LogP contribution in [0.2, 0.25) is 0 Å². The number of benzene rings is 1. The molecule has 0 saturated carbocycles. The van der Waals surface area contributed by atoms with Crippen molar-refractivity contribution in [3.8, 4) is 5.75 Å². The summed E-state index contributed by atoms with van der Waals surface area (Å²) in [7, 11) is 2.31. The van der Waals surface area contributed by atoms with Gasteiger partial charge in [-0.3, -0.25) is 0 Å². The Morgan fingerprint density at radius 2 is 1.84 bits per heavy atom. The molecule has 1 aromatic rings. The zero-order valence-corrected chi connectivity index (χ0v) is 12.3. The number of likely N-dealkylation sites (tertiary alicyclic amines) is 1. The molecular weight excluding hydrogens is 262 g/mol. The molecule has 0 aliphatic carbocycles. The van der Waals surface area contributed by atoms with Crippen LogP contribution in [0, 0.1) is 0 Å². The number of quaternary nitrogens is 1. The van der Waals surface area contributed by atoms with Crippen molar-refractivity contribution in [3.05, 3.63) is 18.2 Å². The van der Waals surface area contributed by atoms with E-state index in [0.29, 0.717) is 23.7 Å². The molecule has 1 aliphatic rings. The summed E-state index contributed by atoms with van der Waals surface area (Å²) in [6.07, 6.45) is 4.03. The predicted molar refractivity (Wildman–Crippen MR) is 75.4 cm³/mol. The van der Waals surface area contributed by atoms with Gasteiger partial charge in [0.25, 0.3) is 0 Å². The van der Waals surface area contributed by atoms with Gasteiger partial charge in [0, 0.05) is 11.8 Å². The predicted octanol–water partition coefficient (Wildman–Crippen LogP) is -1.14. The molecule has 2 rings (SSSR count). The molecule has 0 unspecified atom stereocenters. The summed E-state index contributed by atoms with van der Waals surface area (Å²) in [4.78, 5) is 0. The smallest absolute Gasteiger partial charge is 0.144 e. The van der Waals surface area contributed by atoms with Gasteiger partial charge in [0.1, 0.15) is 18.9 Å². The Morgan fingerprint density at radius 3 is 2.53 bits per heavy atom. The first-order chi connectivity index (χ1) is 8.59. The van der Waals surface area contributed by atoms with E-state index in [9.17, 15) is 0 Å². The van der Waals surface area contributed by atoms with Gasteiger partial charge < -0.3 is 33.1 Å². The highest BCUT2D eigenvalue weighted by Gasteiger charge is 2.24. The van der Waals surface area contributed by atoms with E-state index in [1.807, 2.05) is 0 Å². The van der Waals surface area contributed by atoms with Crippen LogP contribution in [-0.2, 0) is 0 Å². The second-order valence-electron chi connectivity index (χ2n) is 5.50. The van der Waals surface area contributed by atoms with Crippen molar-refractivity contribution in [1.29, 1.82) is 0 Å². The van der Waals surface area contributed by atoms with E-state index in [1.165, 1.54) is 32.4 Å². The third-order valence-corrected chi connectivity index (χ3v) is 3.82. The number of likely N-dealkylation sites (N-methyl/N-ethyl adjacent to an activating group) is 1. The van der Waals surface area contributed by atoms with Crippen LogP contribution in [0.1, 0.15) is 19.3 Å². The molecule has 1 fully saturated rings. The zero-order valence-electron chi connectivity index (χ0n) is 11.6. The molecular formula is C14H24ClN3O. The van der Waals surface area contributed by atoms with E-state index in [1.54, 1.807) is 18.2 Å². The van der Waals surface area contributed by atoms with Crippen molar-refractivity contribution in [1.82, 2.24) is 0 Å². The normalized spacial score (nSPS) is 17.5. The second-order valence-corrected chi connectivity index (χ2v) is 5.50. The number of nitrogen functional groups attached to an aromatic ring is 2. The summed E-state index contributed by atoms with van der Waals surface area (Å²) in [6, 6.07) is 5.38. The minimum absolute atomic E-state index is 0. The van der Waals surface area contributed by atoms with Crippen LogP contribution in [0.25, 0.3) is 0 Å². The molecule has 0 aromatic heterocycles. The first kappa shape index (κ1) is 15.9. The number of ether oxygens (including phenoxy) is 1. The molecule has 1 saturated heterocycles. The molecule has 0 radical (unpaired) electrons. The SMILES string of the molecule is C[N+]1(CCOc2cc(N)ccc2N)CCCCC1.[Cl-]. The molecule has 0 spiro atoms. The number of hydrogen-bond acceptors (Lipinski definition) is 3. The van der Waals surface area contributed by atoms with Crippen LogP contribution in [0.4, 0.5) is 11.4 Å². The Balaban J connectivity index is 0.00000180. The molecule has 108 valence electrons. The van der Waals surface area contributed by atoms with Gasteiger partial charge in [0.15, 0.2) is 0 Å². The van der Waals surface area contributed by atoms with Gasteiger partial charge in [-0.2, -0.15) is 0 Å². The van der Waals surface area contributed by atoms with Crippen molar-refractivity contribution >= 4 is 11.4 Å². The number of halogens is 1. The summed E-state index contributed by atoms with van der Waals surface area (Å²) in [6.45, 7) is 4.25. The van der Waals surface area contributed by atoms with Gasteiger partial charge >= 0.3 is 0 Å². The average Bonchev–Trinajstić information content (AvgIpc) is 2.34. The quantitative estimate of drug-likeness (QED) is 0.543. The summed E-state index contributed by atoms with van der Waals surface area (Å²) in [5.74, 6) is 0.707. The molecule has 1 aromatic carbocycles. The van der Waals surface area contributed by atoms with E-state index >= 15 is 0 Å². The first-order valence-corrected chi connectivity index (χ1v) is 6.70. The minimum atomic E-state index is 0. The molecule has 1 heterocycles. The Kier molecular flexibility index (Phi) is 5.76. The van der Waals surface area contributed by atoms with Crippen LogP contribution >= 0.6 is 0 Å². The molecule has 1 aliphatic heterocycles. The molecule has 0 bridgehead atoms. The molecule has 0 amide bonds. The van der Waals surface area contributed by atoms with E-state index in [-0.39, 0.29) is 12.4 Å². The van der Waals surface area contributed by atoms with Crippen LogP contribution in [0.15, 0.2) is 18.2 Å². The summed E-state index contributed by atoms with van der Waals surface area (Å²) < 4.78 is 6.88. The molecule has 4 N–H and O–H groups in total. The van der Waals surface area contributed by atoms with Crippen molar-refractivity contribution in [3.63, 3.8) is 0 Å². The van der Waals surface area contributed by atoms with Gasteiger partial charge in [-0.1, -0.05) is 0 Å². The Bertz CT molecular complexity index is 406. The van der Waals surface area contributed by atoms with E-state index in [2.05, 4.69) is 7.05 Å². The largest absolute Gasteiger partial charge is 1.00 e. The standard InChI is InChI=1S/C14H24N3O.ClH/c1-17(7-3-2-4-8-17)9-10-18-14-11-12(15)5-6-13(14)16;/h5-6,11H,2-4,7-10,15-16H2,1H3;1H/q+1;/p-1. The lowest BCUT2D eigenvalue weighted by atomic mass is 10.1.